The zero-order valence-corrected chi connectivity index (χ0v) is 15.2. The number of nitrogens with zero attached hydrogens (tertiary/aromatic N) is 2. The van der Waals surface area contributed by atoms with Crippen molar-refractivity contribution in [2.24, 2.45) is 0 Å². The molecule has 0 spiro atoms. The number of benzene rings is 1. The molecular weight excluding hydrogens is 392 g/mol. The molecule has 0 saturated carbocycles. The smallest absolute Gasteiger partial charge is 0.269 e. The lowest BCUT2D eigenvalue weighted by molar-refractivity contribution is -0.384. The number of non-ortho nitro benzene ring substituents is 1. The highest BCUT2D eigenvalue weighted by atomic mass is 32.2. The Bertz CT molecular complexity index is 964. The van der Waals surface area contributed by atoms with Gasteiger partial charge < -0.3 is 14.3 Å². The van der Waals surface area contributed by atoms with Gasteiger partial charge in [-0.2, -0.15) is 0 Å². The molecule has 1 amide bonds. The van der Waals surface area contributed by atoms with E-state index < -0.39 is 10.9 Å². The molecule has 2 heterocycles. The van der Waals surface area contributed by atoms with Crippen molar-refractivity contribution < 1.29 is 24.0 Å². The molecule has 138 valence electrons. The maximum absolute atomic E-state index is 12.3. The van der Waals surface area contributed by atoms with Crippen molar-refractivity contribution in [3.63, 3.8) is 0 Å². The van der Waals surface area contributed by atoms with Crippen molar-refractivity contribution in [3.8, 4) is 11.3 Å². The lowest BCUT2D eigenvalue weighted by Gasteiger charge is -2.14. The highest BCUT2D eigenvalue weighted by Gasteiger charge is 2.31. The van der Waals surface area contributed by atoms with Gasteiger partial charge in [0.15, 0.2) is 0 Å². The van der Waals surface area contributed by atoms with E-state index in [0.717, 1.165) is 11.8 Å². The number of nitro groups is 1. The third-order valence-corrected chi connectivity index (χ3v) is 5.05. The number of hydrogen-bond acceptors (Lipinski definition) is 8. The molecule has 1 saturated heterocycles. The van der Waals surface area contributed by atoms with E-state index in [9.17, 15) is 24.8 Å². The van der Waals surface area contributed by atoms with Gasteiger partial charge in [-0.25, -0.2) is 0 Å². The van der Waals surface area contributed by atoms with Crippen LogP contribution in [0.2, 0.25) is 0 Å². The first kappa shape index (κ1) is 18.8. The number of carboxylic acids is 1. The number of hydrogen-bond donors (Lipinski definition) is 0. The van der Waals surface area contributed by atoms with E-state index in [1.165, 1.54) is 23.1 Å². The molecule has 2 aromatic rings. The molecule has 0 N–H and O–H groups in total. The SMILES string of the molecule is O=C([O-])CCN1C(=O)C(=Cc2ccc(-c3ccc([N+](=O)[O-])cc3)o2)SC1=S. The van der Waals surface area contributed by atoms with Crippen molar-refractivity contribution in [1.29, 1.82) is 0 Å². The van der Waals surface area contributed by atoms with Gasteiger partial charge in [0.1, 0.15) is 15.8 Å². The molecule has 1 aromatic heterocycles. The quantitative estimate of drug-likeness (QED) is 0.312. The van der Waals surface area contributed by atoms with Gasteiger partial charge in [0.2, 0.25) is 0 Å². The number of carbonyl (C=O) groups is 2. The minimum atomic E-state index is -1.26. The summed E-state index contributed by atoms with van der Waals surface area (Å²) < 4.78 is 5.94. The molecule has 1 aliphatic rings. The summed E-state index contributed by atoms with van der Waals surface area (Å²) in [6.45, 7) is -0.0451. The number of thioether (sulfide) groups is 1. The number of carboxylic acid groups (broad SMARTS) is 1. The molecule has 0 unspecified atom stereocenters. The van der Waals surface area contributed by atoms with E-state index in [2.05, 4.69) is 0 Å². The number of carbonyl (C=O) groups excluding carboxylic acids is 2. The summed E-state index contributed by atoms with van der Waals surface area (Å²) in [7, 11) is 0. The number of furan rings is 1. The fourth-order valence-corrected chi connectivity index (χ4v) is 3.65. The van der Waals surface area contributed by atoms with Gasteiger partial charge in [0.05, 0.1) is 9.83 Å². The fourth-order valence-electron chi connectivity index (χ4n) is 2.36. The number of nitro benzene ring substituents is 1. The van der Waals surface area contributed by atoms with Crippen molar-refractivity contribution in [2.75, 3.05) is 6.54 Å². The highest BCUT2D eigenvalue weighted by molar-refractivity contribution is 8.26. The predicted molar refractivity (Wildman–Crippen MR) is 100 cm³/mol. The van der Waals surface area contributed by atoms with Gasteiger partial charge in [-0.15, -0.1) is 0 Å². The molecule has 0 bridgehead atoms. The van der Waals surface area contributed by atoms with E-state index >= 15 is 0 Å². The Labute approximate surface area is 162 Å². The molecular formula is C17H11N2O6S2-. The van der Waals surface area contributed by atoms with E-state index in [1.807, 2.05) is 0 Å². The van der Waals surface area contributed by atoms with E-state index in [-0.39, 0.29) is 28.9 Å². The van der Waals surface area contributed by atoms with Crippen LogP contribution < -0.4 is 5.11 Å². The normalized spacial score (nSPS) is 15.6. The van der Waals surface area contributed by atoms with Crippen LogP contribution in [0.4, 0.5) is 5.69 Å². The van der Waals surface area contributed by atoms with Crippen LogP contribution in [0.3, 0.4) is 0 Å². The summed E-state index contributed by atoms with van der Waals surface area (Å²) in [5.74, 6) is -0.751. The summed E-state index contributed by atoms with van der Waals surface area (Å²) in [5, 5.41) is 21.3. The third-order valence-electron chi connectivity index (χ3n) is 3.68. The van der Waals surface area contributed by atoms with Gasteiger partial charge in [-0.1, -0.05) is 24.0 Å². The molecule has 0 radical (unpaired) electrons. The second-order valence-corrected chi connectivity index (χ2v) is 7.14. The van der Waals surface area contributed by atoms with Crippen molar-refractivity contribution >= 4 is 51.9 Å². The van der Waals surface area contributed by atoms with Gasteiger partial charge >= 0.3 is 0 Å². The number of aliphatic carboxylic acids is 1. The lowest BCUT2D eigenvalue weighted by Crippen LogP contribution is -2.33. The minimum absolute atomic E-state index is 0.0224. The average molecular weight is 403 g/mol. The lowest BCUT2D eigenvalue weighted by atomic mass is 10.1. The molecule has 27 heavy (non-hydrogen) atoms. The molecule has 10 heteroatoms. The van der Waals surface area contributed by atoms with Gasteiger partial charge in [-0.05, 0) is 24.3 Å². The Morgan fingerprint density at radius 1 is 1.26 bits per heavy atom. The Balaban J connectivity index is 1.76. The van der Waals surface area contributed by atoms with Crippen LogP contribution >= 0.6 is 24.0 Å². The fraction of sp³-hybridized carbons (Fsp3) is 0.118. The summed E-state index contributed by atoms with van der Waals surface area (Å²) in [4.78, 5) is 34.7. The molecule has 0 aliphatic carbocycles. The van der Waals surface area contributed by atoms with E-state index in [0.29, 0.717) is 22.0 Å². The maximum Gasteiger partial charge on any atom is 0.269 e. The monoisotopic (exact) mass is 403 g/mol. The Morgan fingerprint density at radius 3 is 2.59 bits per heavy atom. The van der Waals surface area contributed by atoms with Crippen molar-refractivity contribution in [1.82, 2.24) is 4.90 Å². The summed E-state index contributed by atoms with van der Waals surface area (Å²) in [5.41, 5.74) is 0.632. The van der Waals surface area contributed by atoms with Gasteiger partial charge in [0, 0.05) is 42.7 Å². The van der Waals surface area contributed by atoms with E-state index in [1.54, 1.807) is 24.3 Å². The molecule has 0 atom stereocenters. The Kier molecular flexibility index (Phi) is 5.38. The Hall–Kier alpha value is -2.98. The van der Waals surface area contributed by atoms with Crippen molar-refractivity contribution in [2.45, 2.75) is 6.42 Å². The van der Waals surface area contributed by atoms with Crippen LogP contribution in [0, 0.1) is 10.1 Å². The maximum atomic E-state index is 12.3. The number of amides is 1. The topological polar surface area (TPSA) is 117 Å². The van der Waals surface area contributed by atoms with E-state index in [4.69, 9.17) is 16.6 Å². The van der Waals surface area contributed by atoms with Crippen LogP contribution in [0.5, 0.6) is 0 Å². The number of rotatable bonds is 6. The minimum Gasteiger partial charge on any atom is -0.550 e. The largest absolute Gasteiger partial charge is 0.550 e. The number of thiocarbonyl (C=S) groups is 1. The Morgan fingerprint density at radius 2 is 1.96 bits per heavy atom. The first-order chi connectivity index (χ1) is 12.8. The van der Waals surface area contributed by atoms with Crippen LogP contribution in [-0.4, -0.2) is 32.6 Å². The zero-order valence-electron chi connectivity index (χ0n) is 13.6. The van der Waals surface area contributed by atoms with Gasteiger partial charge in [-0.3, -0.25) is 19.8 Å². The summed E-state index contributed by atoms with van der Waals surface area (Å²) in [6, 6.07) is 9.23. The summed E-state index contributed by atoms with van der Waals surface area (Å²) >= 11 is 6.17. The van der Waals surface area contributed by atoms with Gasteiger partial charge in [0.25, 0.3) is 11.6 Å². The van der Waals surface area contributed by atoms with Crippen LogP contribution in [0.15, 0.2) is 45.7 Å². The van der Waals surface area contributed by atoms with Crippen LogP contribution in [0.1, 0.15) is 12.2 Å². The molecule has 1 fully saturated rings. The standard InChI is InChI=1S/C17H12N2O6S2/c20-15(21)7-8-18-16(22)14(27-17(18)26)9-12-5-6-13(25-12)10-1-3-11(4-2-10)19(23)24/h1-6,9H,7-8H2,(H,20,21)/p-1. The second-order valence-electron chi connectivity index (χ2n) is 5.46. The zero-order chi connectivity index (χ0) is 19.6. The second kappa shape index (κ2) is 7.72. The molecule has 8 nitrogen and oxygen atoms in total. The third kappa shape index (κ3) is 4.23. The van der Waals surface area contributed by atoms with Crippen molar-refractivity contribution in [3.05, 3.63) is 57.2 Å². The average Bonchev–Trinajstić information content (AvgIpc) is 3.19. The molecule has 1 aromatic carbocycles. The summed E-state index contributed by atoms with van der Waals surface area (Å²) in [6.07, 6.45) is 1.22. The van der Waals surface area contributed by atoms with Crippen LogP contribution in [0.25, 0.3) is 17.4 Å². The first-order valence-corrected chi connectivity index (χ1v) is 8.87. The molecule has 1 aliphatic heterocycles. The van der Waals surface area contributed by atoms with Crippen LogP contribution in [-0.2, 0) is 9.59 Å². The highest BCUT2D eigenvalue weighted by Crippen LogP contribution is 2.33. The molecule has 3 rings (SSSR count). The predicted octanol–water partition coefficient (Wildman–Crippen LogP) is 2.20. The first-order valence-electron chi connectivity index (χ1n) is 7.65.